The number of aromatic nitrogens is 4. The normalized spacial score (nSPS) is 8.51. The van der Waals surface area contributed by atoms with E-state index in [-0.39, 0.29) is 43.0 Å². The average molecular weight is 934 g/mol. The number of hydrogen-bond donors (Lipinski definition) is 4. The largest absolute Gasteiger partial charge is 0 e. The van der Waals surface area contributed by atoms with Crippen LogP contribution in [0.3, 0.4) is 0 Å². The van der Waals surface area contributed by atoms with Gasteiger partial charge in [0.1, 0.15) is 18.4 Å². The van der Waals surface area contributed by atoms with Crippen LogP contribution in [0.5, 0.6) is 23.5 Å². The van der Waals surface area contributed by atoms with Crippen molar-refractivity contribution in [2.24, 2.45) is 0 Å². The van der Waals surface area contributed by atoms with Crippen molar-refractivity contribution < 1.29 is 57.2 Å². The number of hydrogen-bond acceptors (Lipinski definition) is 8. The summed E-state index contributed by atoms with van der Waals surface area (Å²) in [5, 5.41) is 34.7. The fourth-order valence-corrected chi connectivity index (χ4v) is 2.93. The SMILES string of the molecule is Oc1cccc(Br)n1.Oc1cccc(Br)n1.Oc1cccc(Br)n1.Oc1cccc(Br)n1.[Cl][Ru].[Ru]. The zero-order valence-corrected chi connectivity index (χ0v) is 27.7. The van der Waals surface area contributed by atoms with Crippen molar-refractivity contribution in [3.63, 3.8) is 0 Å². The maximum absolute atomic E-state index is 8.67. The first-order valence-corrected chi connectivity index (χ1v) is 14.0. The van der Waals surface area contributed by atoms with Gasteiger partial charge in [-0.05, 0) is 88.0 Å². The standard InChI is InChI=1S/4C5H4BrNO.ClH.2Ru/c4*6-4-2-1-3-5(8)7-4;;;/h4*1-3H,(H,7,8);1H;;/q;;;;;;+1/p-1. The van der Waals surface area contributed by atoms with Gasteiger partial charge < -0.3 is 20.4 Å². The molecule has 4 N–H and O–H groups in total. The second kappa shape index (κ2) is 22.5. The minimum atomic E-state index is 0. The van der Waals surface area contributed by atoms with Crippen molar-refractivity contribution in [3.8, 4) is 23.5 Å². The Bertz CT molecular complexity index is 881. The van der Waals surface area contributed by atoms with E-state index >= 15 is 0 Å². The second-order valence-corrected chi connectivity index (χ2v) is 8.52. The van der Waals surface area contributed by atoms with Crippen LogP contribution in [0.2, 0.25) is 0 Å². The van der Waals surface area contributed by atoms with Crippen molar-refractivity contribution in [2.45, 2.75) is 0 Å². The number of rotatable bonds is 0. The topological polar surface area (TPSA) is 132 Å². The summed E-state index contributed by atoms with van der Waals surface area (Å²) >= 11 is 14.2. The van der Waals surface area contributed by atoms with E-state index in [0.717, 1.165) is 0 Å². The Morgan fingerprint density at radius 2 is 0.629 bits per heavy atom. The molecular weight excluding hydrogens is 917 g/mol. The van der Waals surface area contributed by atoms with Crippen LogP contribution in [-0.2, 0) is 36.8 Å². The molecule has 0 saturated heterocycles. The van der Waals surface area contributed by atoms with E-state index in [9.17, 15) is 0 Å². The first-order valence-electron chi connectivity index (χ1n) is 8.55. The fourth-order valence-electron chi connectivity index (χ4n) is 1.59. The minimum Gasteiger partial charge on any atom is 0 e. The van der Waals surface area contributed by atoms with Crippen LogP contribution in [0.25, 0.3) is 0 Å². The number of halogens is 5. The Morgan fingerprint density at radius 3 is 0.714 bits per heavy atom. The van der Waals surface area contributed by atoms with Crippen molar-refractivity contribution in [1.29, 1.82) is 0 Å². The van der Waals surface area contributed by atoms with Crippen molar-refractivity contribution in [1.82, 2.24) is 19.9 Å². The maximum atomic E-state index is 8.67. The number of pyridine rings is 4. The summed E-state index contributed by atoms with van der Waals surface area (Å²) in [6, 6.07) is 19.9. The summed E-state index contributed by atoms with van der Waals surface area (Å²) in [4.78, 5) is 14.6. The third-order valence-corrected chi connectivity index (χ3v) is 4.57. The molecule has 0 radical (unpaired) electrons. The fraction of sp³-hybridized carbons (Fsp3) is 0. The van der Waals surface area contributed by atoms with E-state index in [1.165, 1.54) is 24.3 Å². The molecule has 0 aliphatic heterocycles. The Kier molecular flexibility index (Phi) is 23.4. The van der Waals surface area contributed by atoms with Crippen molar-refractivity contribution in [2.75, 3.05) is 0 Å². The van der Waals surface area contributed by atoms with Crippen LogP contribution in [0, 0.1) is 0 Å². The van der Waals surface area contributed by atoms with Gasteiger partial charge in [-0.25, -0.2) is 19.9 Å². The molecule has 0 aromatic carbocycles. The van der Waals surface area contributed by atoms with Crippen LogP contribution in [-0.4, -0.2) is 40.4 Å². The quantitative estimate of drug-likeness (QED) is 0.111. The molecule has 0 fully saturated rings. The molecule has 8 nitrogen and oxygen atoms in total. The number of aromatic hydroxyl groups is 4. The van der Waals surface area contributed by atoms with Gasteiger partial charge >= 0.3 is 27.0 Å². The van der Waals surface area contributed by atoms with E-state index in [2.05, 4.69) is 93.3 Å². The molecule has 4 heterocycles. The van der Waals surface area contributed by atoms with Gasteiger partial charge in [-0.15, -0.1) is 0 Å². The molecule has 0 unspecified atom stereocenters. The van der Waals surface area contributed by atoms with Crippen LogP contribution in [0.4, 0.5) is 0 Å². The molecule has 0 amide bonds. The van der Waals surface area contributed by atoms with Gasteiger partial charge in [0, 0.05) is 43.7 Å². The van der Waals surface area contributed by atoms with Crippen LogP contribution in [0.1, 0.15) is 0 Å². The summed E-state index contributed by atoms with van der Waals surface area (Å²) < 4.78 is 2.60. The molecule has 191 valence electrons. The summed E-state index contributed by atoms with van der Waals surface area (Å²) in [5.74, 6) is 0.164. The molecule has 0 saturated carbocycles. The molecule has 0 aliphatic rings. The predicted octanol–water partition coefficient (Wildman–Crippen LogP) is 6.88. The van der Waals surface area contributed by atoms with Gasteiger partial charge in [0.15, 0.2) is 0 Å². The smallest absolute Gasteiger partial charge is 0 e. The summed E-state index contributed by atoms with van der Waals surface area (Å²) in [7, 11) is 4.57. The van der Waals surface area contributed by atoms with Crippen LogP contribution < -0.4 is 0 Å². The molecule has 4 rings (SSSR count). The average Bonchev–Trinajstić information content (AvgIpc) is 2.76. The van der Waals surface area contributed by atoms with Crippen molar-refractivity contribution in [3.05, 3.63) is 91.2 Å². The summed E-state index contributed by atoms with van der Waals surface area (Å²) in [5.41, 5.74) is 0. The molecule has 35 heavy (non-hydrogen) atoms. The molecule has 0 atom stereocenters. The second-order valence-electron chi connectivity index (χ2n) is 5.27. The van der Waals surface area contributed by atoms with E-state index < -0.39 is 0 Å². The monoisotopic (exact) mass is 931 g/mol. The zero-order chi connectivity index (χ0) is 25.9. The van der Waals surface area contributed by atoms with Crippen molar-refractivity contribution >= 4 is 73.4 Å². The van der Waals surface area contributed by atoms with Gasteiger partial charge in [-0.2, -0.15) is 0 Å². The Labute approximate surface area is 262 Å². The third-order valence-electron chi connectivity index (χ3n) is 2.80. The van der Waals surface area contributed by atoms with Crippen LogP contribution >= 0.6 is 73.4 Å². The first-order chi connectivity index (χ1) is 16.2. The van der Waals surface area contributed by atoms with Gasteiger partial charge in [0.05, 0.1) is 0 Å². The molecule has 15 heteroatoms. The van der Waals surface area contributed by atoms with Gasteiger partial charge in [0.2, 0.25) is 23.5 Å². The zero-order valence-electron chi connectivity index (χ0n) is 17.1. The maximum Gasteiger partial charge on any atom is 0 e. The number of nitrogens with zero attached hydrogens (tertiary/aromatic N) is 4. The minimum absolute atomic E-state index is 0. The first kappa shape index (κ1) is 36.4. The van der Waals surface area contributed by atoms with Gasteiger partial charge in [-0.3, -0.25) is 0 Å². The van der Waals surface area contributed by atoms with Gasteiger partial charge in [-0.1, -0.05) is 24.3 Å². The van der Waals surface area contributed by atoms with E-state index in [1.807, 2.05) is 17.3 Å². The Hall–Kier alpha value is -0.743. The molecule has 0 spiro atoms. The van der Waals surface area contributed by atoms with E-state index in [0.29, 0.717) is 18.4 Å². The summed E-state index contributed by atoms with van der Waals surface area (Å²) in [6.45, 7) is 0. The third kappa shape index (κ3) is 21.1. The Balaban J connectivity index is 0. The van der Waals surface area contributed by atoms with E-state index in [4.69, 9.17) is 20.4 Å². The van der Waals surface area contributed by atoms with Gasteiger partial charge in [0.25, 0.3) is 0 Å². The molecular formula is C20H16Br4ClN4O4Ru2. The Morgan fingerprint density at radius 1 is 0.457 bits per heavy atom. The van der Waals surface area contributed by atoms with Crippen LogP contribution in [0.15, 0.2) is 91.2 Å². The molecule has 0 aliphatic carbocycles. The predicted molar refractivity (Wildman–Crippen MR) is 140 cm³/mol. The molecule has 4 aromatic heterocycles. The molecule has 4 aromatic rings. The summed E-state index contributed by atoms with van der Waals surface area (Å²) in [6.07, 6.45) is 0. The van der Waals surface area contributed by atoms with E-state index in [1.54, 1.807) is 48.5 Å². The molecule has 0 bridgehead atoms.